The average molecular weight is 483 g/mol. The second-order valence-electron chi connectivity index (χ2n) is 7.40. The van der Waals surface area contributed by atoms with Gasteiger partial charge in [-0.2, -0.15) is 0 Å². The van der Waals surface area contributed by atoms with E-state index in [0.29, 0.717) is 34.4 Å². The number of benzene rings is 1. The minimum absolute atomic E-state index is 0.121. The summed E-state index contributed by atoms with van der Waals surface area (Å²) < 4.78 is 5.12. The van der Waals surface area contributed by atoms with Gasteiger partial charge < -0.3 is 15.0 Å². The fourth-order valence-corrected chi connectivity index (χ4v) is 5.00. The number of rotatable bonds is 7. The van der Waals surface area contributed by atoms with E-state index in [1.54, 1.807) is 12.3 Å². The van der Waals surface area contributed by atoms with Gasteiger partial charge in [-0.15, -0.1) is 0 Å². The number of hydrogen-bond acceptors (Lipinski definition) is 7. The van der Waals surface area contributed by atoms with Crippen molar-refractivity contribution in [3.63, 3.8) is 0 Å². The lowest BCUT2D eigenvalue weighted by atomic mass is 9.93. The van der Waals surface area contributed by atoms with Gasteiger partial charge in [-0.1, -0.05) is 54.6 Å². The Balaban J connectivity index is 1.65. The van der Waals surface area contributed by atoms with Crippen LogP contribution in [0.4, 0.5) is 0 Å². The van der Waals surface area contributed by atoms with E-state index in [4.69, 9.17) is 21.3 Å². The number of allylic oxidation sites excluding steroid dienone is 1. The van der Waals surface area contributed by atoms with Crippen molar-refractivity contribution < 1.29 is 14.3 Å². The molecule has 33 heavy (non-hydrogen) atoms. The van der Waals surface area contributed by atoms with Crippen molar-refractivity contribution in [2.45, 2.75) is 32.4 Å². The molecule has 1 amide bonds. The van der Waals surface area contributed by atoms with E-state index in [1.807, 2.05) is 53.6 Å². The van der Waals surface area contributed by atoms with Gasteiger partial charge >= 0.3 is 5.97 Å². The van der Waals surface area contributed by atoms with Gasteiger partial charge in [-0.25, -0.2) is 9.79 Å². The van der Waals surface area contributed by atoms with Crippen molar-refractivity contribution in [2.75, 3.05) is 7.11 Å². The van der Waals surface area contributed by atoms with Crippen LogP contribution in [0.15, 0.2) is 76.0 Å². The number of aliphatic imine (C=N–C) groups is 1. The maximum Gasteiger partial charge on any atom is 0.338 e. The van der Waals surface area contributed by atoms with Gasteiger partial charge in [0.05, 0.1) is 43.1 Å². The summed E-state index contributed by atoms with van der Waals surface area (Å²) in [6.45, 7) is 2.28. The smallest absolute Gasteiger partial charge is 0.338 e. The number of carbonyl (C=O) groups excluding carboxylic acids is 2. The van der Waals surface area contributed by atoms with Crippen LogP contribution in [0.25, 0.3) is 0 Å². The Hall–Kier alpha value is -3.10. The van der Waals surface area contributed by atoms with Gasteiger partial charge in [-0.05, 0) is 35.6 Å². The van der Waals surface area contributed by atoms with E-state index in [0.717, 1.165) is 17.0 Å². The Morgan fingerprint density at radius 2 is 2.00 bits per heavy atom. The number of pyridine rings is 1. The molecule has 0 bridgehead atoms. The van der Waals surface area contributed by atoms with Gasteiger partial charge in [0.1, 0.15) is 0 Å². The summed E-state index contributed by atoms with van der Waals surface area (Å²) in [6, 6.07) is 12.4. The number of thioether (sulfide) groups is 1. The van der Waals surface area contributed by atoms with Crippen molar-refractivity contribution >= 4 is 40.4 Å². The molecule has 0 fully saturated rings. The van der Waals surface area contributed by atoms with Crippen molar-refractivity contribution in [1.29, 1.82) is 0 Å². The maximum absolute atomic E-state index is 12.9. The number of amides is 1. The molecule has 4 rings (SSSR count). The summed E-state index contributed by atoms with van der Waals surface area (Å²) in [7, 11) is 1.35. The molecule has 0 unspecified atom stereocenters. The number of halogens is 1. The standard InChI is InChI=1S/C24H23ClN4O3S/c1-3-19-21(23(31)32-2)22(17-9-4-5-10-18(17)25)29-16(14-33-24(29)28-19)12-20(30)27-13-15-8-6-7-11-26-15/h4-11,14,22H,3,12-13H2,1-2H3,(H,27,30)/t22-/m1/s1. The predicted octanol–water partition coefficient (Wildman–Crippen LogP) is 4.58. The van der Waals surface area contributed by atoms with E-state index in [9.17, 15) is 9.59 Å². The summed E-state index contributed by atoms with van der Waals surface area (Å²) in [5.41, 5.74) is 3.34. The van der Waals surface area contributed by atoms with Crippen LogP contribution in [0, 0.1) is 0 Å². The van der Waals surface area contributed by atoms with Crippen LogP contribution in [0.1, 0.15) is 37.1 Å². The quantitative estimate of drug-likeness (QED) is 0.581. The Morgan fingerprint density at radius 1 is 1.21 bits per heavy atom. The van der Waals surface area contributed by atoms with Gasteiger partial charge in [0, 0.05) is 16.9 Å². The number of aromatic nitrogens is 1. The third kappa shape index (κ3) is 4.82. The van der Waals surface area contributed by atoms with Gasteiger partial charge in [-0.3, -0.25) is 9.78 Å². The van der Waals surface area contributed by atoms with E-state index in [2.05, 4.69) is 10.3 Å². The Bertz CT molecular complexity index is 1160. The van der Waals surface area contributed by atoms with Crippen LogP contribution in [-0.2, 0) is 20.9 Å². The first-order chi connectivity index (χ1) is 16.0. The first-order valence-corrected chi connectivity index (χ1v) is 11.7. The van der Waals surface area contributed by atoms with Crippen LogP contribution in [0.3, 0.4) is 0 Å². The largest absolute Gasteiger partial charge is 0.466 e. The number of nitrogens with zero attached hydrogens (tertiary/aromatic N) is 3. The molecule has 0 radical (unpaired) electrons. The highest BCUT2D eigenvalue weighted by Gasteiger charge is 2.42. The Labute approximate surface area is 201 Å². The van der Waals surface area contributed by atoms with Crippen molar-refractivity contribution in [2.24, 2.45) is 4.99 Å². The van der Waals surface area contributed by atoms with Crippen LogP contribution in [0.5, 0.6) is 0 Å². The first kappa shape index (κ1) is 23.1. The summed E-state index contributed by atoms with van der Waals surface area (Å²) in [5.74, 6) is -0.619. The highest BCUT2D eigenvalue weighted by Crippen LogP contribution is 2.46. The maximum atomic E-state index is 12.9. The molecule has 0 spiro atoms. The lowest BCUT2D eigenvalue weighted by Gasteiger charge is -2.36. The normalized spacial score (nSPS) is 17.3. The van der Waals surface area contributed by atoms with Crippen LogP contribution in [-0.4, -0.2) is 34.0 Å². The lowest BCUT2D eigenvalue weighted by molar-refractivity contribution is -0.136. The molecule has 0 saturated heterocycles. The monoisotopic (exact) mass is 482 g/mol. The summed E-state index contributed by atoms with van der Waals surface area (Å²) in [5, 5.41) is 6.03. The number of fused-ring (bicyclic) bond motifs is 1. The fraction of sp³-hybridized carbons (Fsp3) is 0.250. The molecule has 0 saturated carbocycles. The molecule has 2 aliphatic heterocycles. The minimum atomic E-state index is -0.543. The van der Waals surface area contributed by atoms with Gasteiger partial charge in [0.2, 0.25) is 5.91 Å². The Morgan fingerprint density at radius 3 is 2.70 bits per heavy atom. The van der Waals surface area contributed by atoms with Crippen molar-refractivity contribution in [3.8, 4) is 0 Å². The van der Waals surface area contributed by atoms with Crippen LogP contribution < -0.4 is 5.32 Å². The van der Waals surface area contributed by atoms with Crippen LogP contribution >= 0.6 is 23.4 Å². The SMILES string of the molecule is CCC1=C(C(=O)OC)[C@@H](c2ccccc2Cl)N2C(CC(=O)NCc3ccccn3)=CSC2=N1. The molecular weight excluding hydrogens is 460 g/mol. The van der Waals surface area contributed by atoms with E-state index >= 15 is 0 Å². The third-order valence-corrected chi connectivity index (χ3v) is 6.60. The van der Waals surface area contributed by atoms with E-state index < -0.39 is 12.0 Å². The van der Waals surface area contributed by atoms with Crippen molar-refractivity contribution in [1.82, 2.24) is 15.2 Å². The molecule has 1 aromatic carbocycles. The molecule has 3 heterocycles. The number of methoxy groups -OCH3 is 1. The minimum Gasteiger partial charge on any atom is -0.466 e. The molecule has 0 aliphatic carbocycles. The number of hydrogen-bond donors (Lipinski definition) is 1. The second kappa shape index (κ2) is 10.2. The lowest BCUT2D eigenvalue weighted by Crippen LogP contribution is -2.38. The predicted molar refractivity (Wildman–Crippen MR) is 129 cm³/mol. The van der Waals surface area contributed by atoms with Crippen LogP contribution in [0.2, 0.25) is 5.02 Å². The molecule has 1 aromatic heterocycles. The zero-order chi connectivity index (χ0) is 23.4. The molecule has 1 N–H and O–H groups in total. The first-order valence-electron chi connectivity index (χ1n) is 10.5. The molecule has 2 aliphatic rings. The third-order valence-electron chi connectivity index (χ3n) is 5.36. The zero-order valence-electron chi connectivity index (χ0n) is 18.2. The summed E-state index contributed by atoms with van der Waals surface area (Å²) in [4.78, 5) is 36.5. The highest BCUT2D eigenvalue weighted by molar-refractivity contribution is 8.16. The zero-order valence-corrected chi connectivity index (χ0v) is 19.8. The van der Waals surface area contributed by atoms with Crippen molar-refractivity contribution in [3.05, 3.63) is 87.3 Å². The number of ether oxygens (including phenoxy) is 1. The summed E-state index contributed by atoms with van der Waals surface area (Å²) in [6.07, 6.45) is 2.37. The number of carbonyl (C=O) groups is 2. The average Bonchev–Trinajstić information content (AvgIpc) is 3.24. The topological polar surface area (TPSA) is 83.9 Å². The molecule has 7 nitrogen and oxygen atoms in total. The summed E-state index contributed by atoms with van der Waals surface area (Å²) >= 11 is 8.00. The highest BCUT2D eigenvalue weighted by atomic mass is 35.5. The molecule has 170 valence electrons. The van der Waals surface area contributed by atoms with E-state index in [-0.39, 0.29) is 12.3 Å². The number of nitrogens with one attached hydrogen (secondary N) is 1. The molecular formula is C24H23ClN4O3S. The van der Waals surface area contributed by atoms with Gasteiger partial charge in [0.25, 0.3) is 0 Å². The molecule has 1 atom stereocenters. The Kier molecular flexibility index (Phi) is 7.15. The van der Waals surface area contributed by atoms with Gasteiger partial charge in [0.15, 0.2) is 5.17 Å². The van der Waals surface area contributed by atoms with E-state index in [1.165, 1.54) is 18.9 Å². The molecule has 9 heteroatoms. The second-order valence-corrected chi connectivity index (χ2v) is 8.64. The number of esters is 1. The fourth-order valence-electron chi connectivity index (χ4n) is 3.82. The number of amidine groups is 1. The molecule has 2 aromatic rings.